The number of carbonyl (C=O) groups is 2. The number of benzene rings is 3. The molecule has 1 aliphatic rings. The molecule has 1 heterocycles. The standard InChI is InChI=1S/C24H18ClFN2O2S/c1-2-15-8-10-16(11-9-15)27-21-22(31-18-6-4-3-5-7-18)24(30)28(23(21)29)17-12-13-20(26)19(25)14-17/h3-14,27H,2H2,1H3. The highest BCUT2D eigenvalue weighted by Gasteiger charge is 2.40. The van der Waals surface area contributed by atoms with Gasteiger partial charge in [0.25, 0.3) is 11.8 Å². The lowest BCUT2D eigenvalue weighted by atomic mass is 10.1. The van der Waals surface area contributed by atoms with Gasteiger partial charge in [-0.15, -0.1) is 0 Å². The number of aryl methyl sites for hydroxylation is 1. The molecule has 4 rings (SSSR count). The predicted molar refractivity (Wildman–Crippen MR) is 123 cm³/mol. The second-order valence-corrected chi connectivity index (χ2v) is 8.33. The molecular formula is C24H18ClFN2O2S. The molecule has 1 N–H and O–H groups in total. The summed E-state index contributed by atoms with van der Waals surface area (Å²) in [6.45, 7) is 2.06. The van der Waals surface area contributed by atoms with Gasteiger partial charge >= 0.3 is 0 Å². The second-order valence-electron chi connectivity index (χ2n) is 6.84. The number of anilines is 2. The maximum atomic E-state index is 13.6. The van der Waals surface area contributed by atoms with Crippen LogP contribution in [0.4, 0.5) is 15.8 Å². The topological polar surface area (TPSA) is 49.4 Å². The van der Waals surface area contributed by atoms with Crippen LogP contribution in [0.5, 0.6) is 0 Å². The summed E-state index contributed by atoms with van der Waals surface area (Å²) < 4.78 is 13.6. The lowest BCUT2D eigenvalue weighted by molar-refractivity contribution is -0.120. The van der Waals surface area contributed by atoms with E-state index in [0.29, 0.717) is 5.69 Å². The summed E-state index contributed by atoms with van der Waals surface area (Å²) in [5.41, 5.74) is 2.24. The summed E-state index contributed by atoms with van der Waals surface area (Å²) >= 11 is 7.09. The van der Waals surface area contributed by atoms with Crippen molar-refractivity contribution in [3.8, 4) is 0 Å². The van der Waals surface area contributed by atoms with E-state index < -0.39 is 17.6 Å². The van der Waals surface area contributed by atoms with Crippen molar-refractivity contribution in [2.45, 2.75) is 18.2 Å². The van der Waals surface area contributed by atoms with Gasteiger partial charge in [0, 0.05) is 10.6 Å². The van der Waals surface area contributed by atoms with Crippen molar-refractivity contribution in [2.24, 2.45) is 0 Å². The Bertz CT molecular complexity index is 1180. The molecule has 0 spiro atoms. The van der Waals surface area contributed by atoms with Crippen LogP contribution in [-0.2, 0) is 16.0 Å². The molecule has 0 saturated carbocycles. The van der Waals surface area contributed by atoms with E-state index >= 15 is 0 Å². The van der Waals surface area contributed by atoms with Crippen LogP contribution in [-0.4, -0.2) is 11.8 Å². The molecule has 0 bridgehead atoms. The Kier molecular flexibility index (Phi) is 6.11. The number of carbonyl (C=O) groups excluding carboxylic acids is 2. The van der Waals surface area contributed by atoms with Gasteiger partial charge < -0.3 is 5.32 Å². The lowest BCUT2D eigenvalue weighted by Gasteiger charge is -2.16. The van der Waals surface area contributed by atoms with E-state index in [4.69, 9.17) is 11.6 Å². The molecule has 7 heteroatoms. The first-order valence-electron chi connectivity index (χ1n) is 9.65. The number of nitrogens with zero attached hydrogens (tertiary/aromatic N) is 1. The van der Waals surface area contributed by atoms with E-state index in [9.17, 15) is 14.0 Å². The number of hydrogen-bond acceptors (Lipinski definition) is 4. The molecule has 2 amide bonds. The van der Waals surface area contributed by atoms with Crippen LogP contribution in [0.2, 0.25) is 5.02 Å². The fourth-order valence-electron chi connectivity index (χ4n) is 3.15. The smallest absolute Gasteiger partial charge is 0.283 e. The summed E-state index contributed by atoms with van der Waals surface area (Å²) in [5.74, 6) is -1.63. The van der Waals surface area contributed by atoms with Gasteiger partial charge in [0.2, 0.25) is 0 Å². The quantitative estimate of drug-likeness (QED) is 0.464. The zero-order valence-electron chi connectivity index (χ0n) is 16.6. The van der Waals surface area contributed by atoms with Gasteiger partial charge in [-0.1, -0.05) is 60.6 Å². The second kappa shape index (κ2) is 8.96. The van der Waals surface area contributed by atoms with Gasteiger partial charge in [-0.3, -0.25) is 9.59 Å². The molecule has 4 nitrogen and oxygen atoms in total. The monoisotopic (exact) mass is 452 g/mol. The fraction of sp³-hybridized carbons (Fsp3) is 0.0833. The zero-order chi connectivity index (χ0) is 22.0. The SMILES string of the molecule is CCc1ccc(NC2=C(Sc3ccccc3)C(=O)N(c3ccc(F)c(Cl)c3)C2=O)cc1. The third-order valence-electron chi connectivity index (χ3n) is 4.80. The van der Waals surface area contributed by atoms with Crippen molar-refractivity contribution in [1.82, 2.24) is 0 Å². The third-order valence-corrected chi connectivity index (χ3v) is 6.18. The highest BCUT2D eigenvalue weighted by Crippen LogP contribution is 2.38. The minimum atomic E-state index is -0.620. The number of halogens is 2. The van der Waals surface area contributed by atoms with Crippen molar-refractivity contribution >= 4 is 46.6 Å². The average molecular weight is 453 g/mol. The lowest BCUT2D eigenvalue weighted by Crippen LogP contribution is -2.32. The van der Waals surface area contributed by atoms with Crippen LogP contribution in [0.3, 0.4) is 0 Å². The summed E-state index contributed by atoms with van der Waals surface area (Å²) in [6.07, 6.45) is 0.897. The fourth-order valence-corrected chi connectivity index (χ4v) is 4.27. The molecular weight excluding hydrogens is 435 g/mol. The van der Waals surface area contributed by atoms with E-state index in [1.54, 1.807) is 0 Å². The maximum absolute atomic E-state index is 13.6. The van der Waals surface area contributed by atoms with E-state index in [2.05, 4.69) is 12.2 Å². The molecule has 3 aromatic rings. The van der Waals surface area contributed by atoms with E-state index in [-0.39, 0.29) is 21.3 Å². The Morgan fingerprint density at radius 3 is 2.32 bits per heavy atom. The largest absolute Gasteiger partial charge is 0.350 e. The van der Waals surface area contributed by atoms with Gasteiger partial charge in [0.1, 0.15) is 16.4 Å². The zero-order valence-corrected chi connectivity index (χ0v) is 18.1. The number of imide groups is 1. The molecule has 3 aromatic carbocycles. The van der Waals surface area contributed by atoms with Crippen LogP contribution in [0.25, 0.3) is 0 Å². The van der Waals surface area contributed by atoms with Gasteiger partial charge in [-0.05, 0) is 54.4 Å². The molecule has 156 valence electrons. The Balaban J connectivity index is 1.73. The van der Waals surface area contributed by atoms with Crippen molar-refractivity contribution in [3.63, 3.8) is 0 Å². The molecule has 0 unspecified atom stereocenters. The molecule has 0 aliphatic carbocycles. The Labute approximate surface area is 188 Å². The number of nitrogens with one attached hydrogen (secondary N) is 1. The highest BCUT2D eigenvalue weighted by atomic mass is 35.5. The van der Waals surface area contributed by atoms with E-state index in [1.807, 2.05) is 54.6 Å². The Morgan fingerprint density at radius 1 is 0.968 bits per heavy atom. The van der Waals surface area contributed by atoms with Crippen molar-refractivity contribution in [3.05, 3.63) is 99.8 Å². The predicted octanol–water partition coefficient (Wildman–Crippen LogP) is 6.03. The average Bonchev–Trinajstić information content (AvgIpc) is 3.01. The molecule has 0 saturated heterocycles. The van der Waals surface area contributed by atoms with Crippen LogP contribution < -0.4 is 10.2 Å². The number of rotatable bonds is 6. The number of hydrogen-bond donors (Lipinski definition) is 1. The summed E-state index contributed by atoms with van der Waals surface area (Å²) in [5, 5.41) is 2.95. The molecule has 0 aromatic heterocycles. The van der Waals surface area contributed by atoms with Crippen molar-refractivity contribution in [1.29, 1.82) is 0 Å². The molecule has 0 radical (unpaired) electrons. The first-order valence-corrected chi connectivity index (χ1v) is 10.8. The van der Waals surface area contributed by atoms with Crippen LogP contribution in [0, 0.1) is 5.82 Å². The molecule has 1 aliphatic heterocycles. The summed E-state index contributed by atoms with van der Waals surface area (Å²) in [7, 11) is 0. The first kappa shape index (κ1) is 21.2. The summed E-state index contributed by atoms with van der Waals surface area (Å²) in [4.78, 5) is 28.6. The van der Waals surface area contributed by atoms with Gasteiger partial charge in [-0.2, -0.15) is 0 Å². The molecule has 31 heavy (non-hydrogen) atoms. The van der Waals surface area contributed by atoms with Crippen LogP contribution >= 0.6 is 23.4 Å². The maximum Gasteiger partial charge on any atom is 0.283 e. The Hall–Kier alpha value is -3.09. The van der Waals surface area contributed by atoms with E-state index in [1.165, 1.54) is 23.9 Å². The highest BCUT2D eigenvalue weighted by molar-refractivity contribution is 8.04. The van der Waals surface area contributed by atoms with Gasteiger partial charge in [0.05, 0.1) is 10.7 Å². The van der Waals surface area contributed by atoms with Crippen LogP contribution in [0.15, 0.2) is 88.3 Å². The molecule has 0 fully saturated rings. The van der Waals surface area contributed by atoms with Crippen LogP contribution in [0.1, 0.15) is 12.5 Å². The number of amides is 2. The van der Waals surface area contributed by atoms with Crippen molar-refractivity contribution < 1.29 is 14.0 Å². The minimum absolute atomic E-state index is 0.160. The van der Waals surface area contributed by atoms with Gasteiger partial charge in [-0.25, -0.2) is 9.29 Å². The third kappa shape index (κ3) is 4.36. The van der Waals surface area contributed by atoms with Crippen molar-refractivity contribution in [2.75, 3.05) is 10.2 Å². The van der Waals surface area contributed by atoms with Gasteiger partial charge in [0.15, 0.2) is 0 Å². The Morgan fingerprint density at radius 2 is 1.68 bits per heavy atom. The summed E-state index contributed by atoms with van der Waals surface area (Å²) in [6, 6.07) is 20.8. The normalized spacial score (nSPS) is 13.8. The first-order chi connectivity index (χ1) is 15.0. The molecule has 0 atom stereocenters. The number of thioether (sulfide) groups is 1. The minimum Gasteiger partial charge on any atom is -0.350 e. The van der Waals surface area contributed by atoms with E-state index in [0.717, 1.165) is 27.8 Å².